The Balaban J connectivity index is 1.45. The summed E-state index contributed by atoms with van der Waals surface area (Å²) >= 11 is 26.6. The van der Waals surface area contributed by atoms with E-state index in [1.807, 2.05) is 0 Å². The van der Waals surface area contributed by atoms with E-state index in [-0.39, 0.29) is 26.8 Å². The van der Waals surface area contributed by atoms with Gasteiger partial charge in [-0.05, 0) is 49.4 Å². The second-order valence-corrected chi connectivity index (χ2v) is 11.9. The number of carbonyl (C=O) groups excluding carboxylic acids is 2. The normalized spacial score (nSPS) is 11.7. The number of aromatic nitrogens is 1. The highest BCUT2D eigenvalue weighted by Crippen LogP contribution is 2.42. The highest BCUT2D eigenvalue weighted by atomic mass is 35.5. The predicted molar refractivity (Wildman–Crippen MR) is 159 cm³/mol. The number of hydrogen-bond donors (Lipinski definition) is 3. The van der Waals surface area contributed by atoms with Crippen molar-refractivity contribution in [1.82, 2.24) is 4.98 Å². The van der Waals surface area contributed by atoms with Crippen LogP contribution < -0.4 is 10.6 Å². The topological polar surface area (TPSA) is 108 Å². The highest BCUT2D eigenvalue weighted by molar-refractivity contribution is 8.00. The third kappa shape index (κ3) is 6.71. The number of nitrogens with one attached hydrogen (secondary N) is 2. The molecule has 0 saturated carbocycles. The minimum atomic E-state index is -1.51. The molecule has 0 radical (unpaired) electrons. The smallest absolute Gasteiger partial charge is 0.338 e. The largest absolute Gasteiger partial charge is 0.478 e. The van der Waals surface area contributed by atoms with E-state index in [4.69, 9.17) is 46.4 Å². The molecule has 3 aromatic carbocycles. The Hall–Kier alpha value is -2.86. The molecule has 40 heavy (non-hydrogen) atoms. The average Bonchev–Trinajstić information content (AvgIpc) is 3.38. The van der Waals surface area contributed by atoms with Crippen LogP contribution in [0.4, 0.5) is 15.2 Å². The zero-order valence-corrected chi connectivity index (χ0v) is 24.8. The van der Waals surface area contributed by atoms with Crippen molar-refractivity contribution >= 4 is 98.1 Å². The van der Waals surface area contributed by atoms with Crippen LogP contribution in [0.2, 0.25) is 20.1 Å². The summed E-state index contributed by atoms with van der Waals surface area (Å²) < 4.78 is 13.2. The molecule has 4 aromatic rings. The Morgan fingerprint density at radius 3 is 2.25 bits per heavy atom. The van der Waals surface area contributed by atoms with Crippen LogP contribution in [0.3, 0.4) is 0 Å². The van der Waals surface area contributed by atoms with Crippen LogP contribution in [0.15, 0.2) is 58.8 Å². The molecule has 1 aromatic heterocycles. The molecular weight excluding hydrogens is 643 g/mol. The number of hydrogen-bond acceptors (Lipinski definition) is 6. The molecule has 1 unspecified atom stereocenters. The summed E-state index contributed by atoms with van der Waals surface area (Å²) in [5.41, 5.74) is 0.612. The van der Waals surface area contributed by atoms with Gasteiger partial charge in [-0.1, -0.05) is 52.5 Å². The first-order valence-corrected chi connectivity index (χ1v) is 14.4. The molecule has 2 amide bonds. The quantitative estimate of drug-likeness (QED) is 0.0993. The fourth-order valence-electron chi connectivity index (χ4n) is 3.44. The Kier molecular flexibility index (Phi) is 9.60. The number of benzene rings is 3. The van der Waals surface area contributed by atoms with Gasteiger partial charge in [0.25, 0.3) is 5.91 Å². The molecule has 0 aliphatic heterocycles. The van der Waals surface area contributed by atoms with E-state index < -0.39 is 33.3 Å². The van der Waals surface area contributed by atoms with Gasteiger partial charge < -0.3 is 15.7 Å². The molecule has 1 heterocycles. The van der Waals surface area contributed by atoms with Crippen molar-refractivity contribution in [2.75, 3.05) is 10.6 Å². The number of nitrogens with zero attached hydrogens (tertiary/aromatic N) is 1. The zero-order valence-electron chi connectivity index (χ0n) is 20.1. The Labute approximate surface area is 255 Å². The molecule has 14 heteroatoms. The Morgan fingerprint density at radius 2 is 1.60 bits per heavy atom. The second kappa shape index (κ2) is 12.8. The van der Waals surface area contributed by atoms with Gasteiger partial charge in [0.2, 0.25) is 5.91 Å². The number of carboxylic acids is 1. The fraction of sp³-hybridized carbons (Fsp3) is 0.0769. The molecule has 0 spiro atoms. The number of thiazole rings is 1. The lowest BCUT2D eigenvalue weighted by Gasteiger charge is -2.15. The first-order chi connectivity index (χ1) is 19.0. The van der Waals surface area contributed by atoms with E-state index in [0.717, 1.165) is 5.56 Å². The summed E-state index contributed by atoms with van der Waals surface area (Å²) in [4.78, 5) is 42.6. The van der Waals surface area contributed by atoms with E-state index in [0.29, 0.717) is 21.4 Å². The Morgan fingerprint density at radius 1 is 0.950 bits per heavy atom. The molecule has 0 aliphatic carbocycles. The monoisotopic (exact) mass is 657 g/mol. The molecule has 0 fully saturated rings. The van der Waals surface area contributed by atoms with Gasteiger partial charge in [0.1, 0.15) is 5.82 Å². The van der Waals surface area contributed by atoms with Gasteiger partial charge in [-0.25, -0.2) is 14.2 Å². The number of rotatable bonds is 8. The van der Waals surface area contributed by atoms with Crippen molar-refractivity contribution in [2.45, 2.75) is 17.1 Å². The lowest BCUT2D eigenvalue weighted by molar-refractivity contribution is -0.115. The maximum Gasteiger partial charge on any atom is 0.338 e. The van der Waals surface area contributed by atoms with Gasteiger partial charge in [0, 0.05) is 21.5 Å². The maximum absolute atomic E-state index is 13.2. The molecule has 0 aliphatic rings. The van der Waals surface area contributed by atoms with Crippen molar-refractivity contribution in [3.63, 3.8) is 0 Å². The number of aromatic carboxylic acids is 1. The minimum absolute atomic E-state index is 0.252. The van der Waals surface area contributed by atoms with E-state index in [2.05, 4.69) is 15.6 Å². The lowest BCUT2D eigenvalue weighted by atomic mass is 10.1. The van der Waals surface area contributed by atoms with Crippen LogP contribution in [0.25, 0.3) is 11.3 Å². The van der Waals surface area contributed by atoms with Crippen molar-refractivity contribution < 1.29 is 23.9 Å². The van der Waals surface area contributed by atoms with Gasteiger partial charge in [-0.3, -0.25) is 9.59 Å². The van der Waals surface area contributed by atoms with Crippen molar-refractivity contribution in [2.24, 2.45) is 0 Å². The molecule has 4 rings (SSSR count). The number of carboxylic acid groups (broad SMARTS) is 1. The van der Waals surface area contributed by atoms with Gasteiger partial charge in [-0.15, -0.1) is 23.1 Å². The maximum atomic E-state index is 13.2. The van der Waals surface area contributed by atoms with E-state index in [1.165, 1.54) is 35.2 Å². The van der Waals surface area contributed by atoms with Crippen molar-refractivity contribution in [3.8, 4) is 11.3 Å². The average molecular weight is 659 g/mol. The fourth-order valence-corrected chi connectivity index (χ4v) is 6.10. The van der Waals surface area contributed by atoms with Crippen LogP contribution in [0.5, 0.6) is 0 Å². The number of thioether (sulfide) groups is 1. The van der Waals surface area contributed by atoms with E-state index in [9.17, 15) is 23.9 Å². The van der Waals surface area contributed by atoms with Crippen molar-refractivity contribution in [3.05, 3.63) is 90.9 Å². The number of anilines is 2. The van der Waals surface area contributed by atoms with Gasteiger partial charge >= 0.3 is 5.97 Å². The van der Waals surface area contributed by atoms with Crippen LogP contribution >= 0.6 is 69.5 Å². The molecular formula is C26H16Cl4FN3O4S2. The predicted octanol–water partition coefficient (Wildman–Crippen LogP) is 8.63. The molecule has 0 bridgehead atoms. The summed E-state index contributed by atoms with van der Waals surface area (Å²) in [6.45, 7) is 1.70. The first kappa shape index (κ1) is 30.1. The molecule has 7 nitrogen and oxygen atoms in total. The van der Waals surface area contributed by atoms with Crippen molar-refractivity contribution in [1.29, 1.82) is 0 Å². The molecule has 3 N–H and O–H groups in total. The van der Waals surface area contributed by atoms with Gasteiger partial charge in [0.05, 0.1) is 42.2 Å². The minimum Gasteiger partial charge on any atom is -0.478 e. The van der Waals surface area contributed by atoms with Crippen LogP contribution in [-0.4, -0.2) is 33.1 Å². The lowest BCUT2D eigenvalue weighted by Crippen LogP contribution is -2.22. The Bertz CT molecular complexity index is 1630. The summed E-state index contributed by atoms with van der Waals surface area (Å²) in [6, 6.07) is 12.5. The van der Waals surface area contributed by atoms with Crippen LogP contribution in [-0.2, 0) is 4.79 Å². The van der Waals surface area contributed by atoms with E-state index in [1.54, 1.807) is 48.7 Å². The number of halogens is 5. The first-order valence-electron chi connectivity index (χ1n) is 11.2. The third-order valence-electron chi connectivity index (χ3n) is 5.36. The molecule has 0 saturated heterocycles. The highest BCUT2D eigenvalue weighted by Gasteiger charge is 2.29. The molecule has 1 atom stereocenters. The summed E-state index contributed by atoms with van der Waals surface area (Å²) in [6.07, 6.45) is 0. The zero-order chi connectivity index (χ0) is 29.1. The summed E-state index contributed by atoms with van der Waals surface area (Å²) in [7, 11) is 0. The van der Waals surface area contributed by atoms with Gasteiger partial charge in [0.15, 0.2) is 5.13 Å². The van der Waals surface area contributed by atoms with Crippen LogP contribution in [0, 0.1) is 5.82 Å². The number of carbonyl (C=O) groups is 3. The summed E-state index contributed by atoms with van der Waals surface area (Å²) in [5, 5.41) is 15.2. The standard InChI is InChI=1S/C26H16Cl4FN3O4S2/c1-11(23(35)34-26-33-16(10-39-26)12-5-7-13(31)8-6-12)40-15-4-2-3-14(9-15)32-24(36)17-18(25(37)38)20(28)22(30)21(29)19(17)27/h2-11H,1H3,(H,32,36)(H,37,38)(H,33,34,35). The van der Waals surface area contributed by atoms with E-state index >= 15 is 0 Å². The van der Waals surface area contributed by atoms with Crippen LogP contribution in [0.1, 0.15) is 27.6 Å². The SMILES string of the molecule is CC(Sc1cccc(NC(=O)c2c(Cl)c(Cl)c(Cl)c(Cl)c2C(=O)O)c1)C(=O)Nc1nc(-c2ccc(F)cc2)cs1. The molecule has 206 valence electrons. The second-order valence-electron chi connectivity index (χ2n) is 8.09. The van der Waals surface area contributed by atoms with Gasteiger partial charge in [-0.2, -0.15) is 0 Å². The number of amides is 2. The summed E-state index contributed by atoms with van der Waals surface area (Å²) in [5.74, 6) is -3.03. The third-order valence-corrected chi connectivity index (χ3v) is 9.01.